The minimum atomic E-state index is -0.709. The van der Waals surface area contributed by atoms with Crippen LogP contribution in [0.25, 0.3) is 0 Å². The molecule has 0 amide bonds. The molecule has 1 atom stereocenters. The predicted molar refractivity (Wildman–Crippen MR) is 43.7 cm³/mol. The second-order valence-electron chi connectivity index (χ2n) is 2.36. The van der Waals surface area contributed by atoms with Crippen molar-refractivity contribution >= 4 is 5.97 Å². The van der Waals surface area contributed by atoms with Crippen LogP contribution < -0.4 is 5.90 Å². The third kappa shape index (κ3) is 5.71. The van der Waals surface area contributed by atoms with E-state index in [4.69, 9.17) is 4.74 Å². The van der Waals surface area contributed by atoms with Gasteiger partial charge in [-0.1, -0.05) is 12.8 Å². The van der Waals surface area contributed by atoms with Gasteiger partial charge in [0, 0.05) is 25.6 Å². The van der Waals surface area contributed by atoms with Crippen molar-refractivity contribution in [3.8, 4) is 11.8 Å². The van der Waals surface area contributed by atoms with Gasteiger partial charge in [0.25, 0.3) is 0 Å². The van der Waals surface area contributed by atoms with E-state index in [9.17, 15) is 4.79 Å². The molecule has 0 bridgehead atoms. The van der Waals surface area contributed by atoms with Crippen LogP contribution in [0.2, 0.25) is 0 Å². The van der Waals surface area contributed by atoms with Crippen molar-refractivity contribution in [3.63, 3.8) is 0 Å². The molecular weight excluding hydrogens is 158 g/mol. The summed E-state index contributed by atoms with van der Waals surface area (Å²) < 4.78 is 4.84. The average molecular weight is 171 g/mol. The van der Waals surface area contributed by atoms with E-state index in [1.165, 1.54) is 0 Å². The van der Waals surface area contributed by atoms with E-state index in [1.54, 1.807) is 7.11 Å². The normalized spacial score (nSPS) is 11.2. The lowest BCUT2D eigenvalue weighted by Crippen LogP contribution is -2.07. The van der Waals surface area contributed by atoms with Gasteiger partial charge in [0.2, 0.25) is 0 Å². The van der Waals surface area contributed by atoms with Gasteiger partial charge in [-0.15, -0.1) is 0 Å². The van der Waals surface area contributed by atoms with Crippen molar-refractivity contribution < 1.29 is 14.4 Å². The van der Waals surface area contributed by atoms with Gasteiger partial charge < -0.3 is 9.57 Å². The molecule has 2 N–H and O–H groups in total. The fraction of sp³-hybridized carbons (Fsp3) is 0.625. The summed E-state index contributed by atoms with van der Waals surface area (Å²) in [6, 6.07) is 0. The minimum Gasteiger partial charge on any atom is -0.385 e. The summed E-state index contributed by atoms with van der Waals surface area (Å²) in [6.07, 6.45) is 0.793. The molecule has 68 valence electrons. The number of nitrogens with two attached hydrogens (primary N) is 1. The van der Waals surface area contributed by atoms with E-state index in [0.717, 1.165) is 6.42 Å². The summed E-state index contributed by atoms with van der Waals surface area (Å²) in [5.41, 5.74) is 0. The molecule has 0 aliphatic heterocycles. The average Bonchev–Trinajstić information content (AvgIpc) is 2.10. The first-order chi connectivity index (χ1) is 5.70. The Kier molecular flexibility index (Phi) is 6.07. The van der Waals surface area contributed by atoms with E-state index < -0.39 is 5.97 Å². The predicted octanol–water partition coefficient (Wildman–Crippen LogP) is 0.0793. The molecule has 0 radical (unpaired) electrons. The molecule has 0 aliphatic rings. The summed E-state index contributed by atoms with van der Waals surface area (Å²) >= 11 is 0. The number of ether oxygens (including phenoxy) is 1. The van der Waals surface area contributed by atoms with Crippen LogP contribution >= 0.6 is 0 Å². The molecule has 0 spiro atoms. The second kappa shape index (κ2) is 6.65. The highest BCUT2D eigenvalue weighted by Gasteiger charge is 1.97. The van der Waals surface area contributed by atoms with Crippen molar-refractivity contribution in [1.82, 2.24) is 0 Å². The SMILES string of the molecule is COCCC(C)C#CC(=O)ON. The maximum atomic E-state index is 10.4. The summed E-state index contributed by atoms with van der Waals surface area (Å²) in [6.45, 7) is 2.53. The van der Waals surface area contributed by atoms with Gasteiger partial charge in [0.05, 0.1) is 0 Å². The van der Waals surface area contributed by atoms with Gasteiger partial charge in [-0.2, -0.15) is 5.90 Å². The number of carbonyl (C=O) groups is 1. The number of hydrogen-bond acceptors (Lipinski definition) is 4. The molecular formula is C8H13NO3. The first-order valence-corrected chi connectivity index (χ1v) is 3.62. The monoisotopic (exact) mass is 171 g/mol. The van der Waals surface area contributed by atoms with Crippen LogP contribution in [0.4, 0.5) is 0 Å². The van der Waals surface area contributed by atoms with Crippen LogP contribution in [0.1, 0.15) is 13.3 Å². The van der Waals surface area contributed by atoms with Crippen molar-refractivity contribution in [1.29, 1.82) is 0 Å². The van der Waals surface area contributed by atoms with Crippen molar-refractivity contribution in [2.24, 2.45) is 11.8 Å². The highest BCUT2D eigenvalue weighted by molar-refractivity contribution is 5.88. The Hall–Kier alpha value is -1.05. The molecule has 0 aromatic rings. The lowest BCUT2D eigenvalue weighted by molar-refractivity contribution is -0.137. The van der Waals surface area contributed by atoms with Gasteiger partial charge in [0.15, 0.2) is 0 Å². The highest BCUT2D eigenvalue weighted by atomic mass is 16.7. The fourth-order valence-corrected chi connectivity index (χ4v) is 0.578. The van der Waals surface area contributed by atoms with E-state index in [2.05, 4.69) is 22.6 Å². The largest absolute Gasteiger partial charge is 0.402 e. The molecule has 0 heterocycles. The third-order valence-electron chi connectivity index (χ3n) is 1.28. The Balaban J connectivity index is 3.70. The topological polar surface area (TPSA) is 61.5 Å². The first kappa shape index (κ1) is 11.0. The van der Waals surface area contributed by atoms with Crippen LogP contribution in [0.3, 0.4) is 0 Å². The quantitative estimate of drug-likeness (QED) is 0.482. The lowest BCUT2D eigenvalue weighted by atomic mass is 10.1. The maximum absolute atomic E-state index is 10.4. The number of rotatable bonds is 3. The Labute approximate surface area is 72.0 Å². The van der Waals surface area contributed by atoms with Crippen LogP contribution in [-0.2, 0) is 14.4 Å². The van der Waals surface area contributed by atoms with Gasteiger partial charge in [0.1, 0.15) is 0 Å². The molecule has 0 saturated heterocycles. The second-order valence-corrected chi connectivity index (χ2v) is 2.36. The lowest BCUT2D eigenvalue weighted by Gasteiger charge is -2.00. The molecule has 0 aromatic heterocycles. The maximum Gasteiger partial charge on any atom is 0.402 e. The standard InChI is InChI=1S/C8H13NO3/c1-7(5-6-11-2)3-4-8(10)12-9/h7H,5-6,9H2,1-2H3. The van der Waals surface area contributed by atoms with Crippen molar-refractivity contribution in [2.75, 3.05) is 13.7 Å². The van der Waals surface area contributed by atoms with Crippen molar-refractivity contribution in [2.45, 2.75) is 13.3 Å². The van der Waals surface area contributed by atoms with E-state index in [-0.39, 0.29) is 5.92 Å². The summed E-state index contributed by atoms with van der Waals surface area (Å²) in [5, 5.41) is 0. The fourth-order valence-electron chi connectivity index (χ4n) is 0.578. The molecule has 4 heteroatoms. The molecule has 0 saturated carbocycles. The molecule has 12 heavy (non-hydrogen) atoms. The highest BCUT2D eigenvalue weighted by Crippen LogP contribution is 1.98. The summed E-state index contributed by atoms with van der Waals surface area (Å²) in [4.78, 5) is 14.3. The zero-order valence-electron chi connectivity index (χ0n) is 7.29. The van der Waals surface area contributed by atoms with Crippen LogP contribution in [0.5, 0.6) is 0 Å². The van der Waals surface area contributed by atoms with E-state index in [1.807, 2.05) is 6.92 Å². The van der Waals surface area contributed by atoms with Crippen LogP contribution in [-0.4, -0.2) is 19.7 Å². The van der Waals surface area contributed by atoms with Gasteiger partial charge >= 0.3 is 5.97 Å². The van der Waals surface area contributed by atoms with Gasteiger partial charge in [-0.3, -0.25) is 0 Å². The smallest absolute Gasteiger partial charge is 0.385 e. The number of methoxy groups -OCH3 is 1. The Morgan fingerprint density at radius 1 is 1.67 bits per heavy atom. The molecule has 0 fully saturated rings. The third-order valence-corrected chi connectivity index (χ3v) is 1.28. The Morgan fingerprint density at radius 3 is 2.83 bits per heavy atom. The number of hydrogen-bond donors (Lipinski definition) is 1. The first-order valence-electron chi connectivity index (χ1n) is 3.62. The van der Waals surface area contributed by atoms with E-state index in [0.29, 0.717) is 6.61 Å². The zero-order chi connectivity index (χ0) is 9.40. The van der Waals surface area contributed by atoms with Gasteiger partial charge in [-0.25, -0.2) is 4.79 Å². The molecule has 1 unspecified atom stereocenters. The molecule has 0 aromatic carbocycles. The molecule has 0 rings (SSSR count). The minimum absolute atomic E-state index is 0.115. The van der Waals surface area contributed by atoms with Crippen LogP contribution in [0, 0.1) is 17.8 Å². The van der Waals surface area contributed by atoms with Crippen LogP contribution in [0.15, 0.2) is 0 Å². The summed E-state index contributed by atoms with van der Waals surface area (Å²) in [5.74, 6) is 8.92. The zero-order valence-corrected chi connectivity index (χ0v) is 7.29. The Morgan fingerprint density at radius 2 is 2.33 bits per heavy atom. The van der Waals surface area contributed by atoms with Crippen molar-refractivity contribution in [3.05, 3.63) is 0 Å². The molecule has 0 aliphatic carbocycles. The number of carbonyl (C=O) groups excluding carboxylic acids is 1. The summed E-state index contributed by atoms with van der Waals surface area (Å²) in [7, 11) is 1.62. The molecule has 4 nitrogen and oxygen atoms in total. The van der Waals surface area contributed by atoms with Gasteiger partial charge in [-0.05, 0) is 6.42 Å². The Bertz CT molecular complexity index is 192. The van der Waals surface area contributed by atoms with E-state index >= 15 is 0 Å².